The van der Waals surface area contributed by atoms with E-state index in [4.69, 9.17) is 18.5 Å². The predicted molar refractivity (Wildman–Crippen MR) is 434 cm³/mol. The van der Waals surface area contributed by atoms with Gasteiger partial charge in [0.25, 0.3) is 7.82 Å². The zero-order chi connectivity index (χ0) is 72.5. The van der Waals surface area contributed by atoms with Crippen LogP contribution in [-0.4, -0.2) is 70.0 Å². The Kier molecular flexibility index (Phi) is 76.7. The Morgan fingerprint density at radius 2 is 0.570 bits per heavy atom. The molecule has 0 fully saturated rings. The van der Waals surface area contributed by atoms with Gasteiger partial charge in [0.05, 0.1) is 27.7 Å². The third kappa shape index (κ3) is 83.4. The third-order valence-corrected chi connectivity index (χ3v) is 19.4. The molecule has 10 heteroatoms. The number of carbonyl (C=O) groups is 2. The molecule has 0 aliphatic rings. The molecule has 0 saturated carbocycles. The summed E-state index contributed by atoms with van der Waals surface area (Å²) in [6.07, 6.45) is 115. The summed E-state index contributed by atoms with van der Waals surface area (Å²) >= 11 is 0. The van der Waals surface area contributed by atoms with Crippen molar-refractivity contribution >= 4 is 19.8 Å². The van der Waals surface area contributed by atoms with E-state index < -0.39 is 26.5 Å². The van der Waals surface area contributed by atoms with Crippen molar-refractivity contribution in [2.75, 3.05) is 47.5 Å². The highest BCUT2D eigenvalue weighted by Gasteiger charge is 2.22. The number of nitrogens with zero attached hydrogens (tertiary/aromatic N) is 1. The van der Waals surface area contributed by atoms with Crippen LogP contribution in [0.1, 0.15) is 386 Å². The molecule has 0 spiro atoms. The lowest BCUT2D eigenvalue weighted by molar-refractivity contribution is -0.870. The summed E-state index contributed by atoms with van der Waals surface area (Å²) in [5.74, 6) is -0.822. The van der Waals surface area contributed by atoms with Gasteiger partial charge in [0.1, 0.15) is 19.8 Å². The monoisotopic (exact) mass is 1410 g/mol. The van der Waals surface area contributed by atoms with Gasteiger partial charge in [0.15, 0.2) is 6.10 Å². The van der Waals surface area contributed by atoms with Gasteiger partial charge in [0, 0.05) is 12.8 Å². The fraction of sp³-hybridized carbons (Fsp3) is 0.756. The van der Waals surface area contributed by atoms with Gasteiger partial charge in [-0.25, -0.2) is 0 Å². The van der Waals surface area contributed by atoms with Crippen LogP contribution < -0.4 is 4.89 Å². The largest absolute Gasteiger partial charge is 0.756 e. The zero-order valence-corrected chi connectivity index (χ0v) is 67.0. The first kappa shape index (κ1) is 96.4. The molecule has 0 aromatic rings. The number of rotatable bonds is 78. The molecule has 0 rings (SSSR count). The molecular weight excluding hydrogens is 1250 g/mol. The number of phosphoric acid groups is 1. The summed E-state index contributed by atoms with van der Waals surface area (Å²) in [6, 6.07) is 0. The summed E-state index contributed by atoms with van der Waals surface area (Å²) in [4.78, 5) is 38.2. The van der Waals surface area contributed by atoms with E-state index >= 15 is 0 Å². The van der Waals surface area contributed by atoms with Crippen molar-refractivity contribution in [3.63, 3.8) is 0 Å². The number of carbonyl (C=O) groups excluding carboxylic acids is 2. The Labute approximate surface area is 619 Å². The van der Waals surface area contributed by atoms with Crippen molar-refractivity contribution in [3.8, 4) is 0 Å². The summed E-state index contributed by atoms with van der Waals surface area (Å²) in [5.41, 5.74) is 0. The number of esters is 2. The van der Waals surface area contributed by atoms with Crippen LogP contribution in [0.3, 0.4) is 0 Å². The maximum Gasteiger partial charge on any atom is 0.306 e. The molecule has 0 amide bonds. The van der Waals surface area contributed by atoms with Gasteiger partial charge in [-0.1, -0.05) is 386 Å². The summed E-state index contributed by atoms with van der Waals surface area (Å²) in [6.45, 7) is 4.15. The quantitative estimate of drug-likeness (QED) is 0.0195. The molecule has 0 heterocycles. The second-order valence-electron chi connectivity index (χ2n) is 29.5. The number of hydrogen-bond acceptors (Lipinski definition) is 8. The fourth-order valence-corrected chi connectivity index (χ4v) is 12.8. The van der Waals surface area contributed by atoms with E-state index in [1.54, 1.807) is 0 Å². The number of phosphoric ester groups is 1. The molecule has 578 valence electrons. The van der Waals surface area contributed by atoms with Crippen molar-refractivity contribution in [2.24, 2.45) is 0 Å². The van der Waals surface area contributed by atoms with Crippen molar-refractivity contribution < 1.29 is 42.1 Å². The lowest BCUT2D eigenvalue weighted by Crippen LogP contribution is -2.37. The van der Waals surface area contributed by atoms with Crippen LogP contribution in [0.2, 0.25) is 0 Å². The number of likely N-dealkylation sites (N-methyl/N-ethyl adjacent to an activating group) is 1. The molecule has 0 N–H and O–H groups in total. The van der Waals surface area contributed by atoms with Crippen LogP contribution in [0.4, 0.5) is 0 Å². The Morgan fingerprint density at radius 3 is 0.850 bits per heavy atom. The second-order valence-corrected chi connectivity index (χ2v) is 30.9. The average molecular weight is 1420 g/mol. The molecule has 9 nitrogen and oxygen atoms in total. The molecular formula is C90H160NO8P. The predicted octanol–water partition coefficient (Wildman–Crippen LogP) is 27.9. The number of hydrogen-bond donors (Lipinski definition) is 0. The topological polar surface area (TPSA) is 111 Å². The molecule has 2 atom stereocenters. The van der Waals surface area contributed by atoms with E-state index in [2.05, 4.69) is 135 Å². The number of ether oxygens (including phenoxy) is 2. The number of quaternary nitrogens is 1. The smallest absolute Gasteiger partial charge is 0.306 e. The maximum absolute atomic E-state index is 12.9. The van der Waals surface area contributed by atoms with Crippen LogP contribution in [0.5, 0.6) is 0 Å². The van der Waals surface area contributed by atoms with Crippen LogP contribution in [0, 0.1) is 0 Å². The van der Waals surface area contributed by atoms with Crippen LogP contribution in [-0.2, 0) is 32.7 Å². The molecule has 0 radical (unpaired) electrons. The Hall–Kier alpha value is -3.59. The molecule has 0 aliphatic heterocycles. The van der Waals surface area contributed by atoms with E-state index in [-0.39, 0.29) is 32.0 Å². The van der Waals surface area contributed by atoms with Gasteiger partial charge < -0.3 is 27.9 Å². The first-order valence-electron chi connectivity index (χ1n) is 42.2. The van der Waals surface area contributed by atoms with E-state index in [9.17, 15) is 19.0 Å². The molecule has 2 unspecified atom stereocenters. The van der Waals surface area contributed by atoms with E-state index in [1.165, 1.54) is 257 Å². The van der Waals surface area contributed by atoms with Gasteiger partial charge in [-0.3, -0.25) is 14.2 Å². The highest BCUT2D eigenvalue weighted by atomic mass is 31.2. The van der Waals surface area contributed by atoms with E-state index in [0.717, 1.165) is 96.3 Å². The molecule has 0 bridgehead atoms. The summed E-state index contributed by atoms with van der Waals surface area (Å²) in [7, 11) is 1.17. The lowest BCUT2D eigenvalue weighted by atomic mass is 10.0. The zero-order valence-electron chi connectivity index (χ0n) is 66.1. The molecule has 0 aromatic carbocycles. The minimum atomic E-state index is -4.65. The number of allylic oxidation sites excluding steroid dienone is 20. The van der Waals surface area contributed by atoms with Crippen molar-refractivity contribution in [3.05, 3.63) is 122 Å². The van der Waals surface area contributed by atoms with E-state index in [1.807, 2.05) is 21.1 Å². The highest BCUT2D eigenvalue weighted by Crippen LogP contribution is 2.38. The van der Waals surface area contributed by atoms with E-state index in [0.29, 0.717) is 17.4 Å². The maximum atomic E-state index is 12.9. The SMILES string of the molecule is CC/C=C\C/C=C\C/C=C\C/C=C\C/C=C\C/C=C\C/C=C\CCCCCCCCCCCCCCCC(=O)OC(COC(=O)CCCCCCCCCCCCCCCCCCCCCCCCCCCC/C=C\C/C=C\C/C=C\CCCCCCC)COP(=O)([O-])OCC[N+](C)(C)C. The first-order chi connectivity index (χ1) is 49.0. The van der Waals surface area contributed by atoms with Crippen LogP contribution in [0.25, 0.3) is 0 Å². The summed E-state index contributed by atoms with van der Waals surface area (Å²) in [5, 5.41) is 0. The van der Waals surface area contributed by atoms with Gasteiger partial charge in [-0.05, 0) is 109 Å². The Balaban J connectivity index is 3.92. The Bertz CT molecular complexity index is 2110. The fourth-order valence-electron chi connectivity index (χ4n) is 12.1. The van der Waals surface area contributed by atoms with Crippen molar-refractivity contribution in [2.45, 2.75) is 392 Å². The highest BCUT2D eigenvalue weighted by molar-refractivity contribution is 7.45. The molecule has 0 aromatic heterocycles. The first-order valence-corrected chi connectivity index (χ1v) is 43.7. The van der Waals surface area contributed by atoms with Gasteiger partial charge >= 0.3 is 11.9 Å². The van der Waals surface area contributed by atoms with Crippen LogP contribution in [0.15, 0.2) is 122 Å². The minimum absolute atomic E-state index is 0.0332. The normalized spacial score (nSPS) is 13.6. The van der Waals surface area contributed by atoms with Gasteiger partial charge in [-0.15, -0.1) is 0 Å². The van der Waals surface area contributed by atoms with Gasteiger partial charge in [0.2, 0.25) is 0 Å². The van der Waals surface area contributed by atoms with Gasteiger partial charge in [-0.2, -0.15) is 0 Å². The van der Waals surface area contributed by atoms with Crippen molar-refractivity contribution in [1.82, 2.24) is 0 Å². The summed E-state index contributed by atoms with van der Waals surface area (Å²) < 4.78 is 34.4. The van der Waals surface area contributed by atoms with Crippen molar-refractivity contribution in [1.29, 1.82) is 0 Å². The number of unbranched alkanes of at least 4 members (excludes halogenated alkanes) is 44. The second kappa shape index (κ2) is 79.5. The molecule has 0 aliphatic carbocycles. The third-order valence-electron chi connectivity index (χ3n) is 18.5. The van der Waals surface area contributed by atoms with Crippen LogP contribution >= 0.6 is 7.82 Å². The minimum Gasteiger partial charge on any atom is -0.756 e. The Morgan fingerprint density at radius 1 is 0.320 bits per heavy atom. The molecule has 0 saturated heterocycles. The standard InChI is InChI=1S/C90H160NO8P/c1-6-8-10-12-14-16-18-20-22-24-26-28-30-32-34-36-38-40-42-43-44-45-46-47-49-50-52-54-56-58-60-62-64-66-68-70-72-74-76-78-80-82-89(92)96-86-88(87-98-100(94,95)97-85-84-91(3,4)5)99-90(93)83-81-79-77-75-73-71-69-67-65-63-61-59-57-55-53-51-48-41-39-37-35-33-31-29-27-25-23-21-19-17-15-13-11-9-7-2/h9,11,15,17-18,20-21,23-24,26-27,29-30,32-33,35,39,41,51,53,88H,6-8,10,12-14,16,19,22,25,28,31,34,36-38,40,42-50,52,54-87H2,1-5H3/b11-9-,17-15-,20-18-,23-21-,26-24-,29-27-,32-30-,35-33-,41-39-,53-51-. The lowest BCUT2D eigenvalue weighted by Gasteiger charge is -2.28. The molecule has 100 heavy (non-hydrogen) atoms. The average Bonchev–Trinajstić information content (AvgIpc) is 1.65.